The predicted molar refractivity (Wildman–Crippen MR) is 59.5 cm³/mol. The summed E-state index contributed by atoms with van der Waals surface area (Å²) in [5, 5.41) is 18.4. The normalized spacial score (nSPS) is 14.2. The highest BCUT2D eigenvalue weighted by Crippen LogP contribution is 2.15. The van der Waals surface area contributed by atoms with Crippen molar-refractivity contribution >= 4 is 5.97 Å². The fraction of sp³-hybridized carbons (Fsp3) is 0.417. The molecule has 0 heterocycles. The monoisotopic (exact) mass is 224 g/mol. The van der Waals surface area contributed by atoms with E-state index in [2.05, 4.69) is 0 Å². The molecule has 0 fully saturated rings. The van der Waals surface area contributed by atoms with Gasteiger partial charge in [0.25, 0.3) is 0 Å². The number of aliphatic hydroxyl groups excluding tert-OH is 1. The standard InChI is InChI=1S/C12H16O4/c1-8(12(14)15)11(13)7-9-3-5-10(16-2)6-4-9/h3-6,8,11,13H,7H2,1-2H3,(H,14,15). The zero-order valence-electron chi connectivity index (χ0n) is 9.38. The molecule has 0 spiro atoms. The molecule has 1 aromatic carbocycles. The summed E-state index contributed by atoms with van der Waals surface area (Å²) in [4.78, 5) is 10.7. The third kappa shape index (κ3) is 3.24. The van der Waals surface area contributed by atoms with Gasteiger partial charge >= 0.3 is 5.97 Å². The molecule has 0 saturated carbocycles. The lowest BCUT2D eigenvalue weighted by atomic mass is 9.98. The molecule has 2 atom stereocenters. The second-order valence-electron chi connectivity index (χ2n) is 3.75. The molecule has 0 bridgehead atoms. The molecule has 2 N–H and O–H groups in total. The number of hydrogen-bond donors (Lipinski definition) is 2. The maximum Gasteiger partial charge on any atom is 0.308 e. The largest absolute Gasteiger partial charge is 0.497 e. The van der Waals surface area contributed by atoms with Gasteiger partial charge in [0.1, 0.15) is 5.75 Å². The number of methoxy groups -OCH3 is 1. The van der Waals surface area contributed by atoms with Gasteiger partial charge in [-0.15, -0.1) is 0 Å². The maximum atomic E-state index is 10.7. The second-order valence-corrected chi connectivity index (χ2v) is 3.75. The first-order valence-electron chi connectivity index (χ1n) is 5.08. The number of carboxylic acids is 1. The minimum absolute atomic E-state index is 0.331. The first kappa shape index (κ1) is 12.5. The first-order chi connectivity index (χ1) is 7.54. The summed E-state index contributed by atoms with van der Waals surface area (Å²) in [6.07, 6.45) is -0.539. The zero-order chi connectivity index (χ0) is 12.1. The summed E-state index contributed by atoms with van der Waals surface area (Å²) >= 11 is 0. The minimum Gasteiger partial charge on any atom is -0.497 e. The van der Waals surface area contributed by atoms with Crippen LogP contribution in [0.4, 0.5) is 0 Å². The van der Waals surface area contributed by atoms with E-state index in [1.54, 1.807) is 19.2 Å². The van der Waals surface area contributed by atoms with Gasteiger partial charge in [0.2, 0.25) is 0 Å². The number of carbonyl (C=O) groups is 1. The van der Waals surface area contributed by atoms with Crippen LogP contribution in [-0.4, -0.2) is 29.4 Å². The van der Waals surface area contributed by atoms with Crippen molar-refractivity contribution in [2.45, 2.75) is 19.4 Å². The van der Waals surface area contributed by atoms with Crippen molar-refractivity contribution in [1.82, 2.24) is 0 Å². The number of aliphatic carboxylic acids is 1. The van der Waals surface area contributed by atoms with Crippen molar-refractivity contribution in [2.75, 3.05) is 7.11 Å². The minimum atomic E-state index is -0.985. The van der Waals surface area contributed by atoms with Crippen LogP contribution in [-0.2, 0) is 11.2 Å². The maximum absolute atomic E-state index is 10.7. The number of benzene rings is 1. The molecular formula is C12H16O4. The van der Waals surface area contributed by atoms with Crippen LogP contribution < -0.4 is 4.74 Å². The highest BCUT2D eigenvalue weighted by molar-refractivity contribution is 5.70. The molecule has 4 nitrogen and oxygen atoms in total. The number of hydrogen-bond acceptors (Lipinski definition) is 3. The molecule has 1 aromatic rings. The van der Waals surface area contributed by atoms with Crippen LogP contribution in [0.15, 0.2) is 24.3 Å². The van der Waals surface area contributed by atoms with Crippen molar-refractivity contribution in [3.8, 4) is 5.75 Å². The Labute approximate surface area is 94.5 Å². The van der Waals surface area contributed by atoms with Crippen LogP contribution in [0.2, 0.25) is 0 Å². The van der Waals surface area contributed by atoms with Crippen molar-refractivity contribution < 1.29 is 19.7 Å². The van der Waals surface area contributed by atoms with Crippen LogP contribution in [0, 0.1) is 5.92 Å². The third-order valence-corrected chi connectivity index (χ3v) is 2.57. The fourth-order valence-electron chi connectivity index (χ4n) is 1.34. The molecular weight excluding hydrogens is 208 g/mol. The van der Waals surface area contributed by atoms with Gasteiger partial charge in [-0.05, 0) is 31.0 Å². The average molecular weight is 224 g/mol. The van der Waals surface area contributed by atoms with Crippen LogP contribution in [0.3, 0.4) is 0 Å². The molecule has 0 aromatic heterocycles. The quantitative estimate of drug-likeness (QED) is 0.791. The zero-order valence-corrected chi connectivity index (χ0v) is 9.38. The van der Waals surface area contributed by atoms with Crippen LogP contribution in [0.25, 0.3) is 0 Å². The number of rotatable bonds is 5. The van der Waals surface area contributed by atoms with Gasteiger partial charge in [0.05, 0.1) is 19.1 Å². The summed E-state index contributed by atoms with van der Waals surface area (Å²) in [5.74, 6) is -1.01. The van der Waals surface area contributed by atoms with Gasteiger partial charge < -0.3 is 14.9 Å². The molecule has 16 heavy (non-hydrogen) atoms. The first-order valence-corrected chi connectivity index (χ1v) is 5.08. The molecule has 0 aliphatic carbocycles. The summed E-state index contributed by atoms with van der Waals surface area (Å²) in [6, 6.07) is 7.20. The van der Waals surface area contributed by atoms with Gasteiger partial charge in [-0.1, -0.05) is 12.1 Å². The van der Waals surface area contributed by atoms with E-state index < -0.39 is 18.0 Å². The Hall–Kier alpha value is -1.55. The lowest BCUT2D eigenvalue weighted by Gasteiger charge is -2.14. The van der Waals surface area contributed by atoms with Gasteiger partial charge in [-0.3, -0.25) is 4.79 Å². The second kappa shape index (κ2) is 5.51. The predicted octanol–water partition coefficient (Wildman–Crippen LogP) is 1.32. The Morgan fingerprint density at radius 2 is 1.94 bits per heavy atom. The average Bonchev–Trinajstić information content (AvgIpc) is 2.28. The third-order valence-electron chi connectivity index (χ3n) is 2.57. The van der Waals surface area contributed by atoms with Gasteiger partial charge in [-0.25, -0.2) is 0 Å². The Balaban J connectivity index is 2.62. The van der Waals surface area contributed by atoms with E-state index in [-0.39, 0.29) is 0 Å². The SMILES string of the molecule is COc1ccc(CC(O)C(C)C(=O)O)cc1. The highest BCUT2D eigenvalue weighted by Gasteiger charge is 2.21. The molecule has 0 radical (unpaired) electrons. The Bertz CT molecular complexity index is 345. The van der Waals surface area contributed by atoms with E-state index >= 15 is 0 Å². The molecule has 1 rings (SSSR count). The van der Waals surface area contributed by atoms with Crippen molar-refractivity contribution in [2.24, 2.45) is 5.92 Å². The van der Waals surface area contributed by atoms with Crippen LogP contribution in [0.5, 0.6) is 5.75 Å². The van der Waals surface area contributed by atoms with Crippen molar-refractivity contribution in [1.29, 1.82) is 0 Å². The number of aliphatic hydroxyl groups is 1. The molecule has 0 saturated heterocycles. The number of carboxylic acid groups (broad SMARTS) is 1. The molecule has 0 aliphatic heterocycles. The summed E-state index contributed by atoms with van der Waals surface area (Å²) in [5.41, 5.74) is 0.890. The lowest BCUT2D eigenvalue weighted by Crippen LogP contribution is -2.27. The van der Waals surface area contributed by atoms with E-state index in [9.17, 15) is 9.90 Å². The summed E-state index contributed by atoms with van der Waals surface area (Å²) in [7, 11) is 1.58. The topological polar surface area (TPSA) is 66.8 Å². The highest BCUT2D eigenvalue weighted by atomic mass is 16.5. The number of ether oxygens (including phenoxy) is 1. The van der Waals surface area contributed by atoms with Crippen LogP contribution in [0.1, 0.15) is 12.5 Å². The Morgan fingerprint density at radius 1 is 1.38 bits per heavy atom. The van der Waals surface area contributed by atoms with E-state index in [0.717, 1.165) is 11.3 Å². The van der Waals surface area contributed by atoms with Crippen molar-refractivity contribution in [3.05, 3.63) is 29.8 Å². The van der Waals surface area contributed by atoms with E-state index in [0.29, 0.717) is 6.42 Å². The molecule has 88 valence electrons. The fourth-order valence-corrected chi connectivity index (χ4v) is 1.34. The lowest BCUT2D eigenvalue weighted by molar-refractivity contribution is -0.144. The van der Waals surface area contributed by atoms with Gasteiger partial charge in [-0.2, -0.15) is 0 Å². The summed E-state index contributed by atoms with van der Waals surface area (Å²) < 4.78 is 5.00. The Kier molecular flexibility index (Phi) is 4.31. The summed E-state index contributed by atoms with van der Waals surface area (Å²) in [6.45, 7) is 1.50. The molecule has 2 unspecified atom stereocenters. The van der Waals surface area contributed by atoms with E-state index in [4.69, 9.17) is 9.84 Å². The van der Waals surface area contributed by atoms with Crippen molar-refractivity contribution in [3.63, 3.8) is 0 Å². The molecule has 0 aliphatic rings. The molecule has 4 heteroatoms. The Morgan fingerprint density at radius 3 is 2.38 bits per heavy atom. The van der Waals surface area contributed by atoms with Gasteiger partial charge in [0, 0.05) is 0 Å². The molecule has 0 amide bonds. The smallest absolute Gasteiger partial charge is 0.308 e. The van der Waals surface area contributed by atoms with Gasteiger partial charge in [0.15, 0.2) is 0 Å². The van der Waals surface area contributed by atoms with Crippen LogP contribution >= 0.6 is 0 Å². The van der Waals surface area contributed by atoms with E-state index in [1.807, 2.05) is 12.1 Å². The van der Waals surface area contributed by atoms with E-state index in [1.165, 1.54) is 6.92 Å².